The number of halogens is 2. The van der Waals surface area contributed by atoms with E-state index >= 15 is 0 Å². The van der Waals surface area contributed by atoms with Gasteiger partial charge in [-0.1, -0.05) is 0 Å². The lowest BCUT2D eigenvalue weighted by atomic mass is 9.73. The normalized spacial score (nSPS) is 18.3. The first-order valence-corrected chi connectivity index (χ1v) is 14.7. The summed E-state index contributed by atoms with van der Waals surface area (Å²) in [5.41, 5.74) is 1.55. The number of carbonyl (C=O) groups excluding carboxylic acids is 1. The van der Waals surface area contributed by atoms with Crippen molar-refractivity contribution in [3.63, 3.8) is 0 Å². The average Bonchev–Trinajstić information content (AvgIpc) is 3.00. The van der Waals surface area contributed by atoms with E-state index in [0.717, 1.165) is 11.1 Å². The van der Waals surface area contributed by atoms with Crippen LogP contribution < -0.4 is 5.32 Å². The Kier molecular flexibility index (Phi) is 11.5. The fourth-order valence-electron chi connectivity index (χ4n) is 5.29. The first-order valence-electron chi connectivity index (χ1n) is 14.7. The quantitative estimate of drug-likeness (QED) is 0.167. The van der Waals surface area contributed by atoms with E-state index in [9.17, 15) is 18.7 Å². The van der Waals surface area contributed by atoms with Crippen molar-refractivity contribution < 1.29 is 32.9 Å². The van der Waals surface area contributed by atoms with Crippen LogP contribution in [0.4, 0.5) is 20.4 Å². The summed E-state index contributed by atoms with van der Waals surface area (Å²) < 4.78 is 42.2. The predicted molar refractivity (Wildman–Crippen MR) is 158 cm³/mol. The van der Waals surface area contributed by atoms with Crippen LogP contribution in [0.2, 0.25) is 0 Å². The summed E-state index contributed by atoms with van der Waals surface area (Å²) in [6.07, 6.45) is 3.04. The van der Waals surface area contributed by atoms with Crippen LogP contribution in [0.15, 0.2) is 48.8 Å². The highest BCUT2D eigenvalue weighted by molar-refractivity contribution is 5.72. The molecule has 1 unspecified atom stereocenters. The van der Waals surface area contributed by atoms with Gasteiger partial charge < -0.3 is 24.6 Å². The minimum Gasteiger partial charge on any atom is -0.463 e. The summed E-state index contributed by atoms with van der Waals surface area (Å²) in [5, 5.41) is 14.5. The van der Waals surface area contributed by atoms with Crippen LogP contribution in [0, 0.1) is 18.8 Å². The molecule has 4 rings (SSSR count). The first kappa shape index (κ1) is 32.4. The lowest BCUT2D eigenvalue weighted by molar-refractivity contribution is -0.152. The SMILES string of the molecule is CCOCCOCCOC(=O)[C@H]1CC[C@H](C(C)(O)c2ccc(-c3cc(C)cc(Nc4cc(C(F)F)ccn4)n3)cn2)CC1. The second-order valence-electron chi connectivity index (χ2n) is 10.9. The summed E-state index contributed by atoms with van der Waals surface area (Å²) in [5.74, 6) is 0.285. The molecule has 0 radical (unpaired) electrons. The number of anilines is 2. The second-order valence-corrected chi connectivity index (χ2v) is 10.9. The van der Waals surface area contributed by atoms with Gasteiger partial charge in [-0.2, -0.15) is 0 Å². The Morgan fingerprint density at radius 3 is 2.47 bits per heavy atom. The van der Waals surface area contributed by atoms with Gasteiger partial charge in [0, 0.05) is 30.1 Å². The number of nitrogens with zero attached hydrogens (tertiary/aromatic N) is 3. The minimum absolute atomic E-state index is 0.0544. The van der Waals surface area contributed by atoms with Crippen LogP contribution in [-0.2, 0) is 24.6 Å². The van der Waals surface area contributed by atoms with Crippen LogP contribution in [0.5, 0.6) is 0 Å². The zero-order valence-corrected chi connectivity index (χ0v) is 24.9. The molecule has 11 heteroatoms. The molecule has 1 saturated carbocycles. The van der Waals surface area contributed by atoms with Crippen molar-refractivity contribution in [2.75, 3.05) is 38.4 Å². The number of aromatic nitrogens is 3. The molecule has 2 N–H and O–H groups in total. The molecule has 0 amide bonds. The zero-order chi connectivity index (χ0) is 30.8. The molecule has 0 aliphatic heterocycles. The number of carbonyl (C=O) groups is 1. The van der Waals surface area contributed by atoms with Crippen LogP contribution in [-0.4, -0.2) is 59.1 Å². The lowest BCUT2D eigenvalue weighted by Gasteiger charge is -2.37. The molecule has 0 spiro atoms. The highest BCUT2D eigenvalue weighted by Crippen LogP contribution is 2.41. The Hall–Kier alpha value is -3.54. The van der Waals surface area contributed by atoms with Gasteiger partial charge >= 0.3 is 5.97 Å². The number of pyridine rings is 3. The van der Waals surface area contributed by atoms with Crippen LogP contribution in [0.3, 0.4) is 0 Å². The number of nitrogens with one attached hydrogen (secondary N) is 1. The number of aliphatic hydroxyl groups is 1. The third-order valence-electron chi connectivity index (χ3n) is 7.74. The summed E-state index contributed by atoms with van der Waals surface area (Å²) in [6, 6.07) is 9.93. The molecule has 0 saturated heterocycles. The van der Waals surface area contributed by atoms with E-state index in [-0.39, 0.29) is 35.8 Å². The fraction of sp³-hybridized carbons (Fsp3) is 0.500. The van der Waals surface area contributed by atoms with Crippen molar-refractivity contribution in [1.82, 2.24) is 15.0 Å². The molecule has 0 bridgehead atoms. The number of aryl methyl sites for hydroxylation is 1. The molecule has 232 valence electrons. The molecule has 3 aromatic rings. The first-order chi connectivity index (χ1) is 20.7. The van der Waals surface area contributed by atoms with E-state index in [1.54, 1.807) is 25.3 Å². The molecular weight excluding hydrogens is 558 g/mol. The van der Waals surface area contributed by atoms with Crippen molar-refractivity contribution in [2.24, 2.45) is 11.8 Å². The number of hydrogen-bond acceptors (Lipinski definition) is 9. The summed E-state index contributed by atoms with van der Waals surface area (Å²) in [4.78, 5) is 25.8. The molecule has 1 aliphatic carbocycles. The van der Waals surface area contributed by atoms with Crippen LogP contribution in [0.1, 0.15) is 62.8 Å². The van der Waals surface area contributed by atoms with Gasteiger partial charge in [-0.3, -0.25) is 9.78 Å². The van der Waals surface area contributed by atoms with Gasteiger partial charge in [0.05, 0.1) is 37.1 Å². The van der Waals surface area contributed by atoms with Gasteiger partial charge in [-0.15, -0.1) is 0 Å². The molecule has 1 fully saturated rings. The smallest absolute Gasteiger partial charge is 0.309 e. The van der Waals surface area contributed by atoms with E-state index in [2.05, 4.69) is 20.3 Å². The van der Waals surface area contributed by atoms with E-state index in [0.29, 0.717) is 69.3 Å². The zero-order valence-electron chi connectivity index (χ0n) is 24.9. The number of hydrogen-bond donors (Lipinski definition) is 2. The number of ether oxygens (including phenoxy) is 3. The molecule has 43 heavy (non-hydrogen) atoms. The van der Waals surface area contributed by atoms with Crippen molar-refractivity contribution in [3.05, 3.63) is 65.6 Å². The summed E-state index contributed by atoms with van der Waals surface area (Å²) in [7, 11) is 0. The summed E-state index contributed by atoms with van der Waals surface area (Å²) >= 11 is 0. The van der Waals surface area contributed by atoms with Gasteiger partial charge in [0.1, 0.15) is 23.8 Å². The average molecular weight is 599 g/mol. The van der Waals surface area contributed by atoms with Gasteiger partial charge in [0.2, 0.25) is 0 Å². The lowest BCUT2D eigenvalue weighted by Crippen LogP contribution is -2.37. The van der Waals surface area contributed by atoms with E-state index < -0.39 is 12.0 Å². The molecule has 0 aromatic carbocycles. The molecule has 9 nitrogen and oxygen atoms in total. The van der Waals surface area contributed by atoms with Crippen LogP contribution >= 0.6 is 0 Å². The van der Waals surface area contributed by atoms with E-state index in [4.69, 9.17) is 14.2 Å². The van der Waals surface area contributed by atoms with Gasteiger partial charge in [0.15, 0.2) is 0 Å². The maximum atomic E-state index is 13.1. The van der Waals surface area contributed by atoms with Crippen molar-refractivity contribution in [1.29, 1.82) is 0 Å². The van der Waals surface area contributed by atoms with Crippen molar-refractivity contribution >= 4 is 17.6 Å². The highest BCUT2D eigenvalue weighted by atomic mass is 19.3. The van der Waals surface area contributed by atoms with Gasteiger partial charge in [0.25, 0.3) is 6.43 Å². The standard InChI is InChI=1S/C32H40F2N4O5/c1-4-41-13-14-42-15-16-43-31(39)22-5-8-25(9-6-22)32(3,40)27-10-7-24(20-36-27)26-17-21(2)18-29(37-26)38-28-19-23(30(33)34)11-12-35-28/h7,10-12,17-20,22,25,30,40H,4-6,8-9,13-16H2,1-3H3,(H,35,37,38)/t22-,25-,32?. The molecule has 1 aliphatic rings. The maximum Gasteiger partial charge on any atom is 0.309 e. The molecule has 3 aromatic heterocycles. The monoisotopic (exact) mass is 598 g/mol. The van der Waals surface area contributed by atoms with Crippen LogP contribution in [0.25, 0.3) is 11.3 Å². The van der Waals surface area contributed by atoms with Gasteiger partial charge in [-0.25, -0.2) is 18.7 Å². The highest BCUT2D eigenvalue weighted by Gasteiger charge is 2.39. The Balaban J connectivity index is 1.33. The third kappa shape index (κ3) is 8.98. The number of rotatable bonds is 14. The molecule has 1 atom stereocenters. The number of alkyl halides is 2. The minimum atomic E-state index is -2.59. The number of esters is 1. The fourth-order valence-corrected chi connectivity index (χ4v) is 5.29. The largest absolute Gasteiger partial charge is 0.463 e. The predicted octanol–water partition coefficient (Wildman–Crippen LogP) is 6.14. The molecular formula is C32H40F2N4O5. The second kappa shape index (κ2) is 15.3. The molecule has 3 heterocycles. The Bertz CT molecular complexity index is 1330. The van der Waals surface area contributed by atoms with E-state index in [1.165, 1.54) is 18.3 Å². The maximum absolute atomic E-state index is 13.1. The third-order valence-corrected chi connectivity index (χ3v) is 7.74. The Morgan fingerprint density at radius 1 is 1.02 bits per heavy atom. The topological polar surface area (TPSA) is 116 Å². The Morgan fingerprint density at radius 2 is 1.77 bits per heavy atom. The summed E-state index contributed by atoms with van der Waals surface area (Å²) in [6.45, 7) is 7.80. The van der Waals surface area contributed by atoms with E-state index in [1.807, 2.05) is 26.0 Å². The van der Waals surface area contributed by atoms with Crippen molar-refractivity contribution in [2.45, 2.75) is 58.5 Å². The Labute approximate surface area is 251 Å². The van der Waals surface area contributed by atoms with Crippen molar-refractivity contribution in [3.8, 4) is 11.3 Å². The van der Waals surface area contributed by atoms with Gasteiger partial charge in [-0.05, 0) is 94.3 Å².